The Bertz CT molecular complexity index is 969. The fraction of sp³-hybridized carbons (Fsp3) is 0.188. The number of benzene rings is 1. The van der Waals surface area contributed by atoms with E-state index in [2.05, 4.69) is 21.2 Å². The zero-order chi connectivity index (χ0) is 16.9. The summed E-state index contributed by atoms with van der Waals surface area (Å²) in [5.74, 6) is 1.92. The predicted octanol–water partition coefficient (Wildman–Crippen LogP) is 0.319. The second kappa shape index (κ2) is 6.85. The van der Waals surface area contributed by atoms with Crippen LogP contribution in [0, 0.1) is 12.3 Å². The van der Waals surface area contributed by atoms with E-state index in [1.807, 2.05) is 30.3 Å². The van der Waals surface area contributed by atoms with Gasteiger partial charge in [0.25, 0.3) is 0 Å². The van der Waals surface area contributed by atoms with Crippen molar-refractivity contribution >= 4 is 11.4 Å². The quantitative estimate of drug-likeness (QED) is 0.479. The molecular formula is C16H13N5O3. The van der Waals surface area contributed by atoms with E-state index in [1.165, 1.54) is 6.33 Å². The summed E-state index contributed by atoms with van der Waals surface area (Å²) in [6.07, 6.45) is 6.38. The molecule has 0 aliphatic heterocycles. The van der Waals surface area contributed by atoms with Gasteiger partial charge in [0.05, 0.1) is 6.61 Å². The molecule has 0 atom stereocenters. The number of rotatable bonds is 6. The summed E-state index contributed by atoms with van der Waals surface area (Å²) in [5.41, 5.74) is 0.578. The highest BCUT2D eigenvalue weighted by Gasteiger charge is 2.17. The number of carbonyl (C=O) groups is 1. The first-order valence-electron chi connectivity index (χ1n) is 7.10. The molecule has 0 bridgehead atoms. The van der Waals surface area contributed by atoms with Gasteiger partial charge in [-0.1, -0.05) is 41.5 Å². The van der Waals surface area contributed by atoms with Crippen LogP contribution in [0.2, 0.25) is 0 Å². The molecule has 2 aromatic heterocycles. The van der Waals surface area contributed by atoms with Gasteiger partial charge >= 0.3 is 5.69 Å². The molecule has 120 valence electrons. The molecule has 2 heterocycles. The van der Waals surface area contributed by atoms with Crippen molar-refractivity contribution in [1.82, 2.24) is 24.4 Å². The largest absolute Gasteiger partial charge is 0.369 e. The normalized spacial score (nSPS) is 10.6. The lowest BCUT2D eigenvalue weighted by atomic mass is 10.2. The van der Waals surface area contributed by atoms with Crippen LogP contribution in [0.25, 0.3) is 5.65 Å². The summed E-state index contributed by atoms with van der Waals surface area (Å²) in [6, 6.07) is 9.48. The summed E-state index contributed by atoms with van der Waals surface area (Å²) in [4.78, 5) is 28.3. The number of Topliss-reactive ketones (excluding diaryl/α,β-unsaturated/α-hetero) is 1. The van der Waals surface area contributed by atoms with E-state index in [0.29, 0.717) is 6.61 Å². The van der Waals surface area contributed by atoms with Crippen LogP contribution in [0.3, 0.4) is 0 Å². The average molecular weight is 323 g/mol. The van der Waals surface area contributed by atoms with Crippen molar-refractivity contribution in [3.63, 3.8) is 0 Å². The van der Waals surface area contributed by atoms with Crippen molar-refractivity contribution < 1.29 is 9.53 Å². The average Bonchev–Trinajstić information content (AvgIpc) is 3.03. The first kappa shape index (κ1) is 15.6. The second-order valence-electron chi connectivity index (χ2n) is 4.92. The number of hydrogen-bond donors (Lipinski definition) is 0. The Kier molecular flexibility index (Phi) is 4.45. The number of ketones is 1. The third-order valence-corrected chi connectivity index (χ3v) is 3.27. The van der Waals surface area contributed by atoms with Crippen molar-refractivity contribution in [3.8, 4) is 12.3 Å². The maximum Gasteiger partial charge on any atom is 0.353 e. The van der Waals surface area contributed by atoms with Crippen molar-refractivity contribution in [2.24, 2.45) is 0 Å². The van der Waals surface area contributed by atoms with Crippen molar-refractivity contribution in [2.45, 2.75) is 13.2 Å². The molecule has 8 nitrogen and oxygen atoms in total. The molecule has 0 N–H and O–H groups in total. The summed E-state index contributed by atoms with van der Waals surface area (Å²) in [5, 5.41) is 7.55. The van der Waals surface area contributed by atoms with E-state index < -0.39 is 5.69 Å². The van der Waals surface area contributed by atoms with Gasteiger partial charge in [-0.2, -0.15) is 4.68 Å². The molecule has 0 spiro atoms. The third-order valence-electron chi connectivity index (χ3n) is 3.27. The SMILES string of the molecule is C#CCn1nnc2c(C(=O)COCc3ccccc3)ncn2c1=O. The zero-order valence-electron chi connectivity index (χ0n) is 12.6. The molecule has 0 radical (unpaired) electrons. The Morgan fingerprint density at radius 2 is 2.08 bits per heavy atom. The second-order valence-corrected chi connectivity index (χ2v) is 4.92. The first-order chi connectivity index (χ1) is 11.7. The van der Waals surface area contributed by atoms with E-state index in [0.717, 1.165) is 14.6 Å². The van der Waals surface area contributed by atoms with Crippen molar-refractivity contribution in [1.29, 1.82) is 0 Å². The van der Waals surface area contributed by atoms with E-state index in [9.17, 15) is 9.59 Å². The lowest BCUT2D eigenvalue weighted by Gasteiger charge is -2.03. The molecule has 3 aromatic rings. The lowest BCUT2D eigenvalue weighted by molar-refractivity contribution is 0.0723. The lowest BCUT2D eigenvalue weighted by Crippen LogP contribution is -2.29. The van der Waals surface area contributed by atoms with Gasteiger partial charge in [0.1, 0.15) is 19.5 Å². The van der Waals surface area contributed by atoms with Gasteiger partial charge in [-0.15, -0.1) is 11.5 Å². The van der Waals surface area contributed by atoms with Gasteiger partial charge in [0.15, 0.2) is 11.3 Å². The molecule has 0 aliphatic rings. The maximum absolute atomic E-state index is 12.2. The zero-order valence-corrected chi connectivity index (χ0v) is 12.6. The van der Waals surface area contributed by atoms with Crippen LogP contribution in [-0.4, -0.2) is 36.8 Å². The van der Waals surface area contributed by atoms with Gasteiger partial charge < -0.3 is 4.74 Å². The van der Waals surface area contributed by atoms with Crippen LogP contribution in [-0.2, 0) is 17.9 Å². The molecule has 0 aliphatic carbocycles. The summed E-state index contributed by atoms with van der Waals surface area (Å²) >= 11 is 0. The fourth-order valence-electron chi connectivity index (χ4n) is 2.12. The van der Waals surface area contributed by atoms with Crippen LogP contribution in [0.15, 0.2) is 41.5 Å². The standard InChI is InChI=1S/C16H13N5O3/c1-2-8-21-16(23)20-11-17-14(15(20)18-19-21)13(22)10-24-9-12-6-4-3-5-7-12/h1,3-7,11H,8-10H2. The topological polar surface area (TPSA) is 91.4 Å². The number of fused-ring (bicyclic) bond motifs is 1. The van der Waals surface area contributed by atoms with Crippen LogP contribution in [0.1, 0.15) is 16.1 Å². The maximum atomic E-state index is 12.2. The number of hydrogen-bond acceptors (Lipinski definition) is 6. The molecule has 1 aromatic carbocycles. The van der Waals surface area contributed by atoms with E-state index in [4.69, 9.17) is 11.2 Å². The van der Waals surface area contributed by atoms with Gasteiger partial charge in [-0.3, -0.25) is 4.79 Å². The number of imidazole rings is 1. The molecular weight excluding hydrogens is 310 g/mol. The number of ether oxygens (including phenoxy) is 1. The minimum atomic E-state index is -0.505. The van der Waals surface area contributed by atoms with Crippen molar-refractivity contribution in [2.75, 3.05) is 6.61 Å². The van der Waals surface area contributed by atoms with Gasteiger partial charge in [0, 0.05) is 0 Å². The molecule has 0 amide bonds. The molecule has 0 unspecified atom stereocenters. The highest BCUT2D eigenvalue weighted by atomic mass is 16.5. The van der Waals surface area contributed by atoms with Gasteiger partial charge in [-0.25, -0.2) is 14.2 Å². The molecule has 24 heavy (non-hydrogen) atoms. The Hall–Kier alpha value is -3.31. The van der Waals surface area contributed by atoms with Crippen LogP contribution in [0.5, 0.6) is 0 Å². The predicted molar refractivity (Wildman–Crippen MR) is 84.3 cm³/mol. The van der Waals surface area contributed by atoms with E-state index >= 15 is 0 Å². The van der Waals surface area contributed by atoms with Crippen molar-refractivity contribution in [3.05, 3.63) is 58.4 Å². The van der Waals surface area contributed by atoms with Gasteiger partial charge in [-0.05, 0) is 5.56 Å². The van der Waals surface area contributed by atoms with Crippen LogP contribution < -0.4 is 5.69 Å². The number of terminal acetylenes is 1. The minimum Gasteiger partial charge on any atom is -0.369 e. The summed E-state index contributed by atoms with van der Waals surface area (Å²) in [6.45, 7) is 0.124. The molecule has 8 heteroatoms. The van der Waals surface area contributed by atoms with Gasteiger partial charge in [0.2, 0.25) is 5.78 Å². The van der Waals surface area contributed by atoms with Crippen LogP contribution >= 0.6 is 0 Å². The fourth-order valence-corrected chi connectivity index (χ4v) is 2.12. The Morgan fingerprint density at radius 1 is 1.29 bits per heavy atom. The monoisotopic (exact) mass is 323 g/mol. The van der Waals surface area contributed by atoms with E-state index in [-0.39, 0.29) is 30.3 Å². The highest BCUT2D eigenvalue weighted by molar-refractivity contribution is 6.00. The summed E-state index contributed by atoms with van der Waals surface area (Å²) < 4.78 is 7.53. The molecule has 0 saturated heterocycles. The third kappa shape index (κ3) is 3.06. The molecule has 0 saturated carbocycles. The summed E-state index contributed by atoms with van der Waals surface area (Å²) in [7, 11) is 0. The van der Waals surface area contributed by atoms with Crippen LogP contribution in [0.4, 0.5) is 0 Å². The minimum absolute atomic E-state index is 0.0105. The van der Waals surface area contributed by atoms with E-state index in [1.54, 1.807) is 0 Å². The first-order valence-corrected chi connectivity index (χ1v) is 7.10. The Balaban J connectivity index is 1.75. The smallest absolute Gasteiger partial charge is 0.353 e. The highest BCUT2D eigenvalue weighted by Crippen LogP contribution is 2.06. The number of aromatic nitrogens is 5. The molecule has 3 rings (SSSR count). The molecule has 0 fully saturated rings. The Morgan fingerprint density at radius 3 is 2.83 bits per heavy atom. The number of carbonyl (C=O) groups excluding carboxylic acids is 1. The Labute approximate surface area is 136 Å². The number of nitrogens with zero attached hydrogens (tertiary/aromatic N) is 5.